The van der Waals surface area contributed by atoms with Gasteiger partial charge in [-0.2, -0.15) is 0 Å². The van der Waals surface area contributed by atoms with E-state index >= 15 is 0 Å². The number of carbonyl (C=O) groups is 3. The Hall–Kier alpha value is -3.93. The van der Waals surface area contributed by atoms with Crippen LogP contribution in [0.1, 0.15) is 290 Å². The molecule has 0 aliphatic rings. The number of ether oxygens (including phenoxy) is 3. The average molecular weight is 1040 g/mol. The minimum atomic E-state index is -0.798. The van der Waals surface area contributed by atoms with E-state index in [2.05, 4.69) is 130 Å². The highest BCUT2D eigenvalue weighted by molar-refractivity contribution is 5.71. The van der Waals surface area contributed by atoms with Gasteiger partial charge in [0, 0.05) is 19.3 Å². The zero-order chi connectivity index (χ0) is 54.3. The molecule has 1 unspecified atom stereocenters. The molecule has 0 aromatic heterocycles. The minimum Gasteiger partial charge on any atom is -0.462 e. The van der Waals surface area contributed by atoms with Crippen LogP contribution in [0.4, 0.5) is 0 Å². The quantitative estimate of drug-likeness (QED) is 0.0261. The summed E-state index contributed by atoms with van der Waals surface area (Å²) < 4.78 is 16.9. The van der Waals surface area contributed by atoms with E-state index < -0.39 is 6.10 Å². The largest absolute Gasteiger partial charge is 0.462 e. The van der Waals surface area contributed by atoms with E-state index in [1.165, 1.54) is 103 Å². The Balaban J connectivity index is 4.45. The molecular formula is C69H116O6. The molecule has 0 aliphatic carbocycles. The maximum absolute atomic E-state index is 12.9. The molecule has 0 heterocycles. The zero-order valence-corrected chi connectivity index (χ0v) is 49.0. The minimum absolute atomic E-state index is 0.0956. The van der Waals surface area contributed by atoms with Gasteiger partial charge in [0.2, 0.25) is 0 Å². The molecule has 428 valence electrons. The van der Waals surface area contributed by atoms with Crippen molar-refractivity contribution in [3.8, 4) is 0 Å². The van der Waals surface area contributed by atoms with Crippen LogP contribution in [0.15, 0.2) is 109 Å². The molecule has 6 heteroatoms. The van der Waals surface area contributed by atoms with Crippen LogP contribution < -0.4 is 0 Å². The molecule has 75 heavy (non-hydrogen) atoms. The molecule has 0 amide bonds. The van der Waals surface area contributed by atoms with E-state index in [-0.39, 0.29) is 31.1 Å². The van der Waals surface area contributed by atoms with E-state index in [1.807, 2.05) is 0 Å². The molecule has 0 radical (unpaired) electrons. The summed E-state index contributed by atoms with van der Waals surface area (Å²) in [6.45, 7) is 6.40. The van der Waals surface area contributed by atoms with Gasteiger partial charge in [-0.15, -0.1) is 0 Å². The average Bonchev–Trinajstić information content (AvgIpc) is 3.41. The van der Waals surface area contributed by atoms with Crippen LogP contribution in [-0.2, 0) is 28.6 Å². The SMILES string of the molecule is CC/C=C\C/C=C\C/C=C\C/C=C\C/C=C\CCCCCCCC(=O)OCC(COC(=O)CCCCCC/C=C\C/C=C\C/C=C\C/C=C\CC)OC(=O)CCCCCCCCCCCCCCCCCCCCC. The van der Waals surface area contributed by atoms with Crippen LogP contribution in [0, 0.1) is 0 Å². The maximum atomic E-state index is 12.9. The fraction of sp³-hybridized carbons (Fsp3) is 0.696. The first kappa shape index (κ1) is 71.1. The standard InChI is InChI=1S/C69H116O6/c1-4-7-10-13-16-19-22-25-28-31-33-34-36-38-41-44-47-50-53-56-59-62-68(71)74-65-66(64-73-67(70)61-58-55-52-49-46-43-40-37-30-27-24-21-18-15-12-9-6-3)75-69(72)63-60-57-54-51-48-45-42-39-35-32-29-26-23-20-17-14-11-8-5-2/h7,9-10,12,16,18-19,21,25,27-28,30,33-34,38,40-41,43,66H,4-6,8,11,13-15,17,20,22-24,26,29,31-32,35-37,39,42,44-65H2,1-3H3/b10-7-,12-9-,19-16-,21-18-,28-25-,30-27-,34-33-,41-38-,43-40-. The van der Waals surface area contributed by atoms with Crippen LogP contribution in [0.2, 0.25) is 0 Å². The number of allylic oxidation sites excluding steroid dienone is 18. The van der Waals surface area contributed by atoms with Crippen LogP contribution in [0.5, 0.6) is 0 Å². The first-order valence-electron chi connectivity index (χ1n) is 31.4. The number of esters is 3. The molecule has 0 N–H and O–H groups in total. The first-order valence-corrected chi connectivity index (χ1v) is 31.4. The van der Waals surface area contributed by atoms with Crippen molar-refractivity contribution in [2.24, 2.45) is 0 Å². The molecule has 0 aromatic carbocycles. The summed E-state index contributed by atoms with van der Waals surface area (Å²) >= 11 is 0. The second kappa shape index (κ2) is 62.6. The zero-order valence-electron chi connectivity index (χ0n) is 49.0. The van der Waals surface area contributed by atoms with Crippen molar-refractivity contribution in [1.29, 1.82) is 0 Å². The second-order valence-corrected chi connectivity index (χ2v) is 20.6. The van der Waals surface area contributed by atoms with Crippen molar-refractivity contribution in [3.05, 3.63) is 109 Å². The number of unbranched alkanes of at least 4 members (excludes halogenated alkanes) is 27. The lowest BCUT2D eigenvalue weighted by Crippen LogP contribution is -2.30. The monoisotopic (exact) mass is 1040 g/mol. The van der Waals surface area contributed by atoms with Crippen molar-refractivity contribution in [1.82, 2.24) is 0 Å². The predicted octanol–water partition coefficient (Wildman–Crippen LogP) is 21.4. The van der Waals surface area contributed by atoms with Crippen LogP contribution in [0.3, 0.4) is 0 Å². The van der Waals surface area contributed by atoms with E-state index in [0.717, 1.165) is 148 Å². The van der Waals surface area contributed by atoms with E-state index in [1.54, 1.807) is 0 Å². The molecule has 0 fully saturated rings. The summed E-state index contributed by atoms with van der Waals surface area (Å²) in [5.74, 6) is -0.927. The smallest absolute Gasteiger partial charge is 0.306 e. The highest BCUT2D eigenvalue weighted by atomic mass is 16.6. The third kappa shape index (κ3) is 60.8. The van der Waals surface area contributed by atoms with Gasteiger partial charge in [0.1, 0.15) is 13.2 Å². The van der Waals surface area contributed by atoms with Crippen LogP contribution in [0.25, 0.3) is 0 Å². The van der Waals surface area contributed by atoms with Crippen molar-refractivity contribution in [2.75, 3.05) is 13.2 Å². The van der Waals surface area contributed by atoms with Crippen LogP contribution >= 0.6 is 0 Å². The first-order chi connectivity index (χ1) is 37.0. The fourth-order valence-corrected chi connectivity index (χ4v) is 8.64. The van der Waals surface area contributed by atoms with Crippen molar-refractivity contribution in [3.63, 3.8) is 0 Å². The number of hydrogen-bond acceptors (Lipinski definition) is 6. The fourth-order valence-electron chi connectivity index (χ4n) is 8.64. The van der Waals surface area contributed by atoms with Gasteiger partial charge >= 0.3 is 17.9 Å². The molecule has 6 nitrogen and oxygen atoms in total. The molecule has 0 saturated carbocycles. The molecule has 0 spiro atoms. The maximum Gasteiger partial charge on any atom is 0.306 e. The highest BCUT2D eigenvalue weighted by Gasteiger charge is 2.19. The summed E-state index contributed by atoms with van der Waals surface area (Å²) in [6, 6.07) is 0. The van der Waals surface area contributed by atoms with Gasteiger partial charge in [0.25, 0.3) is 0 Å². The Morgan fingerprint density at radius 3 is 0.813 bits per heavy atom. The van der Waals surface area contributed by atoms with Crippen LogP contribution in [-0.4, -0.2) is 37.2 Å². The molecular weight excluding hydrogens is 925 g/mol. The Labute approximate surface area is 463 Å². The molecule has 0 aromatic rings. The molecule has 0 rings (SSSR count). The summed E-state index contributed by atoms with van der Waals surface area (Å²) in [4.78, 5) is 38.3. The topological polar surface area (TPSA) is 78.9 Å². The van der Waals surface area contributed by atoms with Gasteiger partial charge in [0.05, 0.1) is 0 Å². The van der Waals surface area contributed by atoms with E-state index in [9.17, 15) is 14.4 Å². The van der Waals surface area contributed by atoms with Crippen molar-refractivity contribution in [2.45, 2.75) is 297 Å². The Morgan fingerprint density at radius 2 is 0.520 bits per heavy atom. The summed E-state index contributed by atoms with van der Waals surface area (Å²) in [6.07, 6.45) is 85.1. The lowest BCUT2D eigenvalue weighted by atomic mass is 10.0. The number of hydrogen-bond donors (Lipinski definition) is 0. The van der Waals surface area contributed by atoms with E-state index in [0.29, 0.717) is 19.3 Å². The van der Waals surface area contributed by atoms with Gasteiger partial charge in [-0.05, 0) is 103 Å². The Bertz CT molecular complexity index is 1520. The lowest BCUT2D eigenvalue weighted by Gasteiger charge is -2.18. The third-order valence-electron chi connectivity index (χ3n) is 13.3. The number of carbonyl (C=O) groups excluding carboxylic acids is 3. The Morgan fingerprint density at radius 1 is 0.280 bits per heavy atom. The lowest BCUT2D eigenvalue weighted by molar-refractivity contribution is -0.167. The van der Waals surface area contributed by atoms with Gasteiger partial charge in [-0.3, -0.25) is 14.4 Å². The molecule has 0 aliphatic heterocycles. The molecule has 0 saturated heterocycles. The normalized spacial score (nSPS) is 12.8. The Kier molecular flexibility index (Phi) is 59.3. The summed E-state index contributed by atoms with van der Waals surface area (Å²) in [5.41, 5.74) is 0. The number of rotatable bonds is 56. The van der Waals surface area contributed by atoms with Gasteiger partial charge in [-0.25, -0.2) is 0 Å². The van der Waals surface area contributed by atoms with Gasteiger partial charge in [0.15, 0.2) is 6.10 Å². The van der Waals surface area contributed by atoms with Gasteiger partial charge < -0.3 is 14.2 Å². The van der Waals surface area contributed by atoms with Crippen molar-refractivity contribution < 1.29 is 28.6 Å². The highest BCUT2D eigenvalue weighted by Crippen LogP contribution is 2.16. The predicted molar refractivity (Wildman–Crippen MR) is 325 cm³/mol. The summed E-state index contributed by atoms with van der Waals surface area (Å²) in [7, 11) is 0. The van der Waals surface area contributed by atoms with Crippen molar-refractivity contribution >= 4 is 17.9 Å². The van der Waals surface area contributed by atoms with Gasteiger partial charge in [-0.1, -0.05) is 278 Å². The molecule has 0 bridgehead atoms. The molecule has 1 atom stereocenters. The van der Waals surface area contributed by atoms with E-state index in [4.69, 9.17) is 14.2 Å². The summed E-state index contributed by atoms with van der Waals surface area (Å²) in [5, 5.41) is 0. The third-order valence-corrected chi connectivity index (χ3v) is 13.3. The second-order valence-electron chi connectivity index (χ2n) is 20.6.